The zero-order chi connectivity index (χ0) is 19.8. The first-order valence-corrected chi connectivity index (χ1v) is 10.1. The van der Waals surface area contributed by atoms with Crippen molar-refractivity contribution in [1.29, 1.82) is 0 Å². The third-order valence-electron chi connectivity index (χ3n) is 6.02. The van der Waals surface area contributed by atoms with Crippen LogP contribution in [0.1, 0.15) is 70.6 Å². The van der Waals surface area contributed by atoms with Gasteiger partial charge in [0.15, 0.2) is 0 Å². The summed E-state index contributed by atoms with van der Waals surface area (Å²) in [7, 11) is 0. The van der Waals surface area contributed by atoms with Crippen LogP contribution >= 0.6 is 0 Å². The minimum atomic E-state index is -0.373. The van der Waals surface area contributed by atoms with Crippen molar-refractivity contribution in [2.75, 3.05) is 0 Å². The van der Waals surface area contributed by atoms with E-state index in [0.717, 1.165) is 41.6 Å². The number of fused-ring (bicyclic) bond motifs is 1. The van der Waals surface area contributed by atoms with Crippen molar-refractivity contribution in [3.63, 3.8) is 0 Å². The molecule has 0 N–H and O–H groups in total. The monoisotopic (exact) mass is 362 g/mol. The van der Waals surface area contributed by atoms with Gasteiger partial charge in [-0.15, -0.1) is 0 Å². The molecule has 2 aliphatic rings. The molecule has 0 radical (unpaired) electrons. The molecule has 27 heavy (non-hydrogen) atoms. The maximum Gasteiger partial charge on any atom is 0.126 e. The molecule has 0 aromatic heterocycles. The highest BCUT2D eigenvalue weighted by atomic mass is 19.1. The van der Waals surface area contributed by atoms with Crippen molar-refractivity contribution in [2.24, 2.45) is 5.92 Å². The molecule has 1 atom stereocenters. The van der Waals surface area contributed by atoms with Crippen molar-refractivity contribution < 1.29 is 4.39 Å². The summed E-state index contributed by atoms with van der Waals surface area (Å²) >= 11 is 0. The second-order valence-electron chi connectivity index (χ2n) is 8.27. The minimum absolute atomic E-state index is 0.0195. The molecule has 0 saturated carbocycles. The lowest BCUT2D eigenvalue weighted by Gasteiger charge is -2.43. The Morgan fingerprint density at radius 3 is 2.67 bits per heavy atom. The van der Waals surface area contributed by atoms with Gasteiger partial charge in [-0.3, -0.25) is 0 Å². The van der Waals surface area contributed by atoms with E-state index >= 15 is 4.39 Å². The summed E-state index contributed by atoms with van der Waals surface area (Å²) in [6, 6.07) is 6.35. The van der Waals surface area contributed by atoms with Crippen molar-refractivity contribution in [2.45, 2.75) is 59.3 Å². The Morgan fingerprint density at radius 2 is 2.00 bits per heavy atom. The van der Waals surface area contributed by atoms with Gasteiger partial charge in [0.2, 0.25) is 0 Å². The van der Waals surface area contributed by atoms with Gasteiger partial charge < -0.3 is 0 Å². The topological polar surface area (TPSA) is 0 Å². The SMILES string of the molecule is C=C1C2=C(C(F)=C(C)CC2CC=CCC)C(C)(C)c2cccc(/C=C\C)c21. The maximum atomic E-state index is 15.4. The van der Waals surface area contributed by atoms with Crippen molar-refractivity contribution in [1.82, 2.24) is 0 Å². The van der Waals surface area contributed by atoms with Crippen molar-refractivity contribution >= 4 is 11.6 Å². The van der Waals surface area contributed by atoms with E-state index in [1.807, 2.05) is 13.8 Å². The van der Waals surface area contributed by atoms with E-state index in [1.165, 1.54) is 16.7 Å². The minimum Gasteiger partial charge on any atom is -0.207 e. The van der Waals surface area contributed by atoms with Gasteiger partial charge in [0.05, 0.1) is 0 Å². The Balaban J connectivity index is 2.26. The molecule has 0 nitrogen and oxygen atoms in total. The fourth-order valence-corrected chi connectivity index (χ4v) is 4.75. The lowest BCUT2D eigenvalue weighted by molar-refractivity contribution is 0.486. The van der Waals surface area contributed by atoms with Gasteiger partial charge in [-0.05, 0) is 72.4 Å². The van der Waals surface area contributed by atoms with Crippen LogP contribution < -0.4 is 0 Å². The molecule has 142 valence electrons. The smallest absolute Gasteiger partial charge is 0.126 e. The van der Waals surface area contributed by atoms with E-state index in [4.69, 9.17) is 0 Å². The summed E-state index contributed by atoms with van der Waals surface area (Å²) in [4.78, 5) is 0. The van der Waals surface area contributed by atoms with Gasteiger partial charge in [0.1, 0.15) is 5.83 Å². The van der Waals surface area contributed by atoms with Crippen LogP contribution in [0.4, 0.5) is 4.39 Å². The number of rotatable bonds is 4. The lowest BCUT2D eigenvalue weighted by Crippen LogP contribution is -2.32. The van der Waals surface area contributed by atoms with Crippen LogP contribution in [0, 0.1) is 5.92 Å². The second kappa shape index (κ2) is 7.46. The fourth-order valence-electron chi connectivity index (χ4n) is 4.75. The molecular formula is C26H31F. The largest absolute Gasteiger partial charge is 0.207 e. The fraction of sp³-hybridized carbons (Fsp3) is 0.385. The molecular weight excluding hydrogens is 331 g/mol. The van der Waals surface area contributed by atoms with Crippen LogP contribution in [0.15, 0.2) is 65.6 Å². The molecule has 0 bridgehead atoms. The van der Waals surface area contributed by atoms with Gasteiger partial charge in [-0.2, -0.15) is 0 Å². The van der Waals surface area contributed by atoms with E-state index in [1.54, 1.807) is 0 Å². The molecule has 1 unspecified atom stereocenters. The van der Waals surface area contributed by atoms with Crippen molar-refractivity contribution in [3.8, 4) is 0 Å². The zero-order valence-corrected chi connectivity index (χ0v) is 17.3. The number of halogens is 1. The summed E-state index contributed by atoms with van der Waals surface area (Å²) < 4.78 is 15.4. The molecule has 0 amide bonds. The molecule has 0 spiro atoms. The summed E-state index contributed by atoms with van der Waals surface area (Å²) in [5, 5.41) is 0. The molecule has 1 heteroatoms. The average molecular weight is 363 g/mol. The highest BCUT2D eigenvalue weighted by Crippen LogP contribution is 2.55. The number of benzene rings is 1. The molecule has 3 rings (SSSR count). The summed E-state index contributed by atoms with van der Waals surface area (Å²) in [6.45, 7) is 14.9. The predicted molar refractivity (Wildman–Crippen MR) is 116 cm³/mol. The molecule has 2 aliphatic carbocycles. The Labute approximate surface area is 163 Å². The van der Waals surface area contributed by atoms with Crippen LogP contribution in [0.5, 0.6) is 0 Å². The Bertz CT molecular complexity index is 887. The predicted octanol–water partition coefficient (Wildman–Crippen LogP) is 7.94. The van der Waals surface area contributed by atoms with Gasteiger partial charge in [0, 0.05) is 11.0 Å². The van der Waals surface area contributed by atoms with Crippen molar-refractivity contribution in [3.05, 3.63) is 82.2 Å². The molecule has 1 aromatic carbocycles. The van der Waals surface area contributed by atoms with Crippen LogP contribution in [-0.2, 0) is 5.41 Å². The van der Waals surface area contributed by atoms with Crippen LogP contribution in [-0.4, -0.2) is 0 Å². The number of allylic oxidation sites excluding steroid dienone is 8. The quantitative estimate of drug-likeness (QED) is 0.477. The highest BCUT2D eigenvalue weighted by molar-refractivity contribution is 5.90. The third-order valence-corrected chi connectivity index (χ3v) is 6.02. The zero-order valence-electron chi connectivity index (χ0n) is 17.3. The Hall–Kier alpha value is -2.15. The van der Waals surface area contributed by atoms with E-state index in [9.17, 15) is 0 Å². The Kier molecular flexibility index (Phi) is 5.42. The van der Waals surface area contributed by atoms with Gasteiger partial charge in [-0.1, -0.05) is 69.9 Å². The van der Waals surface area contributed by atoms with Gasteiger partial charge in [0.25, 0.3) is 0 Å². The van der Waals surface area contributed by atoms with Crippen LogP contribution in [0.2, 0.25) is 0 Å². The average Bonchev–Trinajstić information content (AvgIpc) is 2.63. The van der Waals surface area contributed by atoms with E-state index in [2.05, 4.69) is 69.9 Å². The molecule has 0 saturated heterocycles. The van der Waals surface area contributed by atoms with Crippen LogP contribution in [0.25, 0.3) is 11.6 Å². The highest BCUT2D eigenvalue weighted by Gasteiger charge is 2.43. The Morgan fingerprint density at radius 1 is 1.26 bits per heavy atom. The van der Waals surface area contributed by atoms with E-state index in [-0.39, 0.29) is 11.2 Å². The first kappa shape index (κ1) is 19.6. The van der Waals surface area contributed by atoms with E-state index < -0.39 is 0 Å². The van der Waals surface area contributed by atoms with E-state index in [0.29, 0.717) is 5.92 Å². The van der Waals surface area contributed by atoms with Crippen LogP contribution in [0.3, 0.4) is 0 Å². The normalized spacial score (nSPS) is 22.0. The summed E-state index contributed by atoms with van der Waals surface area (Å²) in [5.41, 5.74) is 7.04. The molecule has 1 aromatic rings. The van der Waals surface area contributed by atoms with Gasteiger partial charge in [-0.25, -0.2) is 4.39 Å². The first-order valence-electron chi connectivity index (χ1n) is 10.1. The second-order valence-corrected chi connectivity index (χ2v) is 8.27. The lowest BCUT2D eigenvalue weighted by atomic mass is 9.61. The maximum absolute atomic E-state index is 15.4. The third kappa shape index (κ3) is 3.18. The molecule has 0 fully saturated rings. The standard InChI is InChI=1S/C26H31F/c1-7-9-10-13-20-16-17(3)25(27)24-23(20)18(4)22-19(12-8-2)14-11-15-21(22)26(24,5)6/h8-12,14-15,20H,4,7,13,16H2,1-3,5-6H3/b10-9?,12-8-. The molecule has 0 heterocycles. The summed E-state index contributed by atoms with van der Waals surface area (Å²) in [6.07, 6.45) is 11.4. The van der Waals surface area contributed by atoms with Gasteiger partial charge >= 0.3 is 0 Å². The first-order chi connectivity index (χ1) is 12.8. The summed E-state index contributed by atoms with van der Waals surface area (Å²) in [5.74, 6) is 0.273. The molecule has 0 aliphatic heterocycles. The number of hydrogen-bond donors (Lipinski definition) is 0. The number of hydrogen-bond acceptors (Lipinski definition) is 0.